The van der Waals surface area contributed by atoms with E-state index in [1.165, 1.54) is 24.2 Å². The molecule has 1 fully saturated rings. The molecule has 1 aliphatic rings. The van der Waals surface area contributed by atoms with Crippen molar-refractivity contribution in [3.05, 3.63) is 0 Å². The Morgan fingerprint density at radius 1 is 1.41 bits per heavy atom. The van der Waals surface area contributed by atoms with Crippen molar-refractivity contribution in [2.24, 2.45) is 0 Å². The van der Waals surface area contributed by atoms with Crippen LogP contribution in [0.3, 0.4) is 0 Å². The second-order valence-electron chi connectivity index (χ2n) is 4.95. The number of nitrogens with one attached hydrogen (secondary N) is 1. The maximum atomic E-state index is 11.8. The number of likely N-dealkylation sites (N-methyl/N-ethyl adjacent to an activating group) is 1. The van der Waals surface area contributed by atoms with Crippen LogP contribution in [-0.2, 0) is 9.59 Å². The highest BCUT2D eigenvalue weighted by Gasteiger charge is 2.31. The van der Waals surface area contributed by atoms with Crippen molar-refractivity contribution in [1.82, 2.24) is 10.2 Å². The maximum absolute atomic E-state index is 11.8. The molecule has 0 bridgehead atoms. The summed E-state index contributed by atoms with van der Waals surface area (Å²) in [7, 11) is 1.57. The molecule has 2 atom stereocenters. The smallest absolute Gasteiger partial charge is 0.246 e. The molecule has 1 aliphatic heterocycles. The van der Waals surface area contributed by atoms with Crippen LogP contribution in [-0.4, -0.2) is 35.8 Å². The lowest BCUT2D eigenvalue weighted by molar-refractivity contribution is -0.148. The Labute approximate surface area is 104 Å². The normalized spacial score (nSPS) is 23.0. The minimum absolute atomic E-state index is 0.0633. The topological polar surface area (TPSA) is 49.4 Å². The summed E-state index contributed by atoms with van der Waals surface area (Å²) in [5.41, 5.74) is 0. The summed E-state index contributed by atoms with van der Waals surface area (Å²) < 4.78 is 0. The first-order valence-corrected chi connectivity index (χ1v) is 6.62. The standard InChI is InChI=1S/C13H24N2O2/c1-4-5-6-7-10(2)14-11-8-9-12(16)15(3)13(11)17/h10-11,14H,4-9H2,1-3H3. The van der Waals surface area contributed by atoms with E-state index < -0.39 is 0 Å². The van der Waals surface area contributed by atoms with E-state index >= 15 is 0 Å². The lowest BCUT2D eigenvalue weighted by atomic mass is 10.0. The Morgan fingerprint density at radius 2 is 2.12 bits per heavy atom. The molecule has 1 N–H and O–H groups in total. The lowest BCUT2D eigenvalue weighted by Gasteiger charge is -2.30. The summed E-state index contributed by atoms with van der Waals surface area (Å²) in [5.74, 6) is -0.143. The molecule has 0 aliphatic carbocycles. The number of nitrogens with zero attached hydrogens (tertiary/aromatic N) is 1. The predicted molar refractivity (Wildman–Crippen MR) is 67.5 cm³/mol. The van der Waals surface area contributed by atoms with E-state index in [2.05, 4.69) is 19.2 Å². The molecular weight excluding hydrogens is 216 g/mol. The van der Waals surface area contributed by atoms with E-state index in [0.29, 0.717) is 18.9 Å². The number of amides is 2. The van der Waals surface area contributed by atoms with Crippen LogP contribution in [0.1, 0.15) is 52.4 Å². The van der Waals surface area contributed by atoms with Crippen molar-refractivity contribution in [2.75, 3.05) is 7.05 Å². The van der Waals surface area contributed by atoms with Crippen molar-refractivity contribution >= 4 is 11.8 Å². The third kappa shape index (κ3) is 4.11. The van der Waals surface area contributed by atoms with Crippen LogP contribution in [0.4, 0.5) is 0 Å². The van der Waals surface area contributed by atoms with Gasteiger partial charge in [-0.1, -0.05) is 26.2 Å². The monoisotopic (exact) mass is 240 g/mol. The van der Waals surface area contributed by atoms with Gasteiger partial charge in [0.15, 0.2) is 0 Å². The van der Waals surface area contributed by atoms with Gasteiger partial charge < -0.3 is 5.32 Å². The largest absolute Gasteiger partial charge is 0.303 e. The fourth-order valence-electron chi connectivity index (χ4n) is 2.20. The molecule has 0 aromatic carbocycles. The zero-order valence-electron chi connectivity index (χ0n) is 11.2. The fourth-order valence-corrected chi connectivity index (χ4v) is 2.20. The van der Waals surface area contributed by atoms with Gasteiger partial charge in [-0.2, -0.15) is 0 Å². The average Bonchev–Trinajstić information content (AvgIpc) is 2.30. The van der Waals surface area contributed by atoms with Crippen LogP contribution in [0.5, 0.6) is 0 Å². The van der Waals surface area contributed by atoms with Gasteiger partial charge in [0.1, 0.15) is 0 Å². The zero-order chi connectivity index (χ0) is 12.8. The Bertz CT molecular complexity index is 279. The number of piperidine rings is 1. The summed E-state index contributed by atoms with van der Waals surface area (Å²) in [6.07, 6.45) is 5.85. The molecule has 0 saturated carbocycles. The highest BCUT2D eigenvalue weighted by atomic mass is 16.2. The van der Waals surface area contributed by atoms with E-state index in [0.717, 1.165) is 6.42 Å². The molecule has 4 heteroatoms. The highest BCUT2D eigenvalue weighted by molar-refractivity contribution is 6.00. The average molecular weight is 240 g/mol. The molecule has 0 spiro atoms. The first kappa shape index (κ1) is 14.2. The molecule has 2 amide bonds. The number of unbranched alkanes of at least 4 members (excludes halogenated alkanes) is 2. The molecule has 0 aromatic heterocycles. The Hall–Kier alpha value is -0.900. The molecule has 0 radical (unpaired) electrons. The van der Waals surface area contributed by atoms with Gasteiger partial charge in [0.05, 0.1) is 6.04 Å². The number of imide groups is 1. The first-order valence-electron chi connectivity index (χ1n) is 6.62. The second kappa shape index (κ2) is 6.74. The second-order valence-corrected chi connectivity index (χ2v) is 4.95. The fraction of sp³-hybridized carbons (Fsp3) is 0.846. The van der Waals surface area contributed by atoms with Gasteiger partial charge in [-0.25, -0.2) is 0 Å². The van der Waals surface area contributed by atoms with Crippen LogP contribution in [0.15, 0.2) is 0 Å². The van der Waals surface area contributed by atoms with Crippen LogP contribution < -0.4 is 5.32 Å². The number of carbonyl (C=O) groups excluding carboxylic acids is 2. The van der Waals surface area contributed by atoms with Crippen LogP contribution in [0.2, 0.25) is 0 Å². The highest BCUT2D eigenvalue weighted by Crippen LogP contribution is 2.13. The van der Waals surface area contributed by atoms with Gasteiger partial charge in [0, 0.05) is 19.5 Å². The molecule has 1 saturated heterocycles. The molecule has 98 valence electrons. The third-order valence-electron chi connectivity index (χ3n) is 3.38. The summed E-state index contributed by atoms with van der Waals surface area (Å²) in [6, 6.07) is 0.173. The first-order chi connectivity index (χ1) is 8.06. The van der Waals surface area contributed by atoms with E-state index in [4.69, 9.17) is 0 Å². The van der Waals surface area contributed by atoms with Gasteiger partial charge in [-0.05, 0) is 19.8 Å². The van der Waals surface area contributed by atoms with Crippen molar-refractivity contribution < 1.29 is 9.59 Å². The molecule has 1 heterocycles. The van der Waals surface area contributed by atoms with Gasteiger partial charge in [0.2, 0.25) is 11.8 Å². The van der Waals surface area contributed by atoms with Crippen molar-refractivity contribution in [3.8, 4) is 0 Å². The molecule has 0 aromatic rings. The van der Waals surface area contributed by atoms with Crippen LogP contribution in [0.25, 0.3) is 0 Å². The minimum Gasteiger partial charge on any atom is -0.303 e. The lowest BCUT2D eigenvalue weighted by Crippen LogP contribution is -2.53. The van der Waals surface area contributed by atoms with Crippen molar-refractivity contribution in [2.45, 2.75) is 64.5 Å². The number of likely N-dealkylation sites (tertiary alicyclic amines) is 1. The molecule has 1 rings (SSSR count). The third-order valence-corrected chi connectivity index (χ3v) is 3.38. The van der Waals surface area contributed by atoms with Gasteiger partial charge >= 0.3 is 0 Å². The molecule has 17 heavy (non-hydrogen) atoms. The van der Waals surface area contributed by atoms with Crippen LogP contribution in [0, 0.1) is 0 Å². The summed E-state index contributed by atoms with van der Waals surface area (Å²) in [6.45, 7) is 4.29. The maximum Gasteiger partial charge on any atom is 0.246 e. The SMILES string of the molecule is CCCCCC(C)NC1CCC(=O)N(C)C1=O. The summed E-state index contributed by atoms with van der Waals surface area (Å²) in [5, 5.41) is 3.34. The number of carbonyl (C=O) groups is 2. The van der Waals surface area contributed by atoms with Gasteiger partial charge in [-0.15, -0.1) is 0 Å². The number of hydrogen-bond acceptors (Lipinski definition) is 3. The number of rotatable bonds is 6. The molecule has 4 nitrogen and oxygen atoms in total. The van der Waals surface area contributed by atoms with Crippen molar-refractivity contribution in [1.29, 1.82) is 0 Å². The minimum atomic E-state index is -0.172. The number of hydrogen-bond donors (Lipinski definition) is 1. The Kier molecular flexibility index (Phi) is 5.62. The van der Waals surface area contributed by atoms with Crippen LogP contribution >= 0.6 is 0 Å². The van der Waals surface area contributed by atoms with Gasteiger partial charge in [0.25, 0.3) is 0 Å². The van der Waals surface area contributed by atoms with E-state index in [1.807, 2.05) is 0 Å². The quantitative estimate of drug-likeness (QED) is 0.568. The van der Waals surface area contributed by atoms with E-state index in [-0.39, 0.29) is 17.9 Å². The summed E-state index contributed by atoms with van der Waals surface area (Å²) in [4.78, 5) is 24.4. The predicted octanol–water partition coefficient (Wildman–Crippen LogP) is 1.69. The molecule has 2 unspecified atom stereocenters. The Morgan fingerprint density at radius 3 is 2.76 bits per heavy atom. The zero-order valence-corrected chi connectivity index (χ0v) is 11.2. The summed E-state index contributed by atoms with van der Waals surface area (Å²) >= 11 is 0. The Balaban J connectivity index is 2.35. The molecular formula is C13H24N2O2. The van der Waals surface area contributed by atoms with Gasteiger partial charge in [-0.3, -0.25) is 14.5 Å². The van der Waals surface area contributed by atoms with E-state index in [9.17, 15) is 9.59 Å². The van der Waals surface area contributed by atoms with Crippen molar-refractivity contribution in [3.63, 3.8) is 0 Å². The van der Waals surface area contributed by atoms with E-state index in [1.54, 1.807) is 7.05 Å².